The van der Waals surface area contributed by atoms with Crippen molar-refractivity contribution in [3.8, 4) is 0 Å². The first-order valence-electron chi connectivity index (χ1n) is 3.92. The largest absolute Gasteiger partial charge is 0.280 e. The van der Waals surface area contributed by atoms with Crippen LogP contribution in [0.4, 0.5) is 5.69 Å². The summed E-state index contributed by atoms with van der Waals surface area (Å²) in [6.07, 6.45) is 0. The lowest BCUT2D eigenvalue weighted by Gasteiger charge is -1.99. The molecule has 2 rings (SSSR count). The number of fused-ring (bicyclic) bond motifs is 1. The van der Waals surface area contributed by atoms with Crippen LogP contribution in [0.15, 0.2) is 27.6 Å². The topological polar surface area (TPSA) is 88.9 Å². The van der Waals surface area contributed by atoms with E-state index in [0.29, 0.717) is 0 Å². The molecule has 0 aliphatic carbocycles. The average molecular weight is 270 g/mol. The van der Waals surface area contributed by atoms with Crippen molar-refractivity contribution in [2.45, 2.75) is 0 Å². The normalized spacial score (nSPS) is 10.5. The first-order chi connectivity index (χ1) is 7.11. The Bertz CT molecular complexity index is 608. The molecule has 0 unspecified atom stereocenters. The van der Waals surface area contributed by atoms with Gasteiger partial charge in [0, 0.05) is 6.07 Å². The fourth-order valence-electron chi connectivity index (χ4n) is 1.31. The van der Waals surface area contributed by atoms with Gasteiger partial charge >= 0.3 is 0 Å². The quantitative estimate of drug-likeness (QED) is 0.629. The molecule has 15 heavy (non-hydrogen) atoms. The van der Waals surface area contributed by atoms with Crippen LogP contribution in [0, 0.1) is 10.1 Å². The van der Waals surface area contributed by atoms with Crippen molar-refractivity contribution >= 4 is 32.4 Å². The lowest BCUT2D eigenvalue weighted by atomic mass is 10.2. The first kappa shape index (κ1) is 9.78. The number of hydrogen-bond acceptors (Lipinski definition) is 4. The number of rotatable bonds is 1. The van der Waals surface area contributed by atoms with E-state index in [2.05, 4.69) is 26.1 Å². The van der Waals surface area contributed by atoms with Crippen molar-refractivity contribution in [1.29, 1.82) is 0 Å². The molecule has 1 aromatic heterocycles. The highest BCUT2D eigenvalue weighted by Crippen LogP contribution is 2.27. The Labute approximate surface area is 91.2 Å². The van der Waals surface area contributed by atoms with Crippen LogP contribution in [0.1, 0.15) is 0 Å². The molecule has 0 amide bonds. The summed E-state index contributed by atoms with van der Waals surface area (Å²) in [6, 6.07) is 4.30. The van der Waals surface area contributed by atoms with E-state index in [1.807, 2.05) is 0 Å². The maximum atomic E-state index is 11.3. The third-order valence-electron chi connectivity index (χ3n) is 1.95. The molecule has 7 heteroatoms. The van der Waals surface area contributed by atoms with E-state index in [1.165, 1.54) is 18.2 Å². The lowest BCUT2D eigenvalue weighted by molar-refractivity contribution is -0.383. The first-order valence-corrected chi connectivity index (χ1v) is 4.72. The van der Waals surface area contributed by atoms with Crippen LogP contribution in [0.2, 0.25) is 0 Å². The predicted molar refractivity (Wildman–Crippen MR) is 56.7 cm³/mol. The molecule has 0 radical (unpaired) electrons. The second-order valence-corrected chi connectivity index (χ2v) is 3.55. The second kappa shape index (κ2) is 3.43. The number of nitrogens with one attached hydrogen (secondary N) is 1. The molecule has 0 fully saturated rings. The molecule has 0 spiro atoms. The minimum atomic E-state index is -0.547. The van der Waals surface area contributed by atoms with Crippen molar-refractivity contribution in [3.63, 3.8) is 0 Å². The molecule has 0 aliphatic heterocycles. The summed E-state index contributed by atoms with van der Waals surface area (Å²) in [6.45, 7) is 0. The van der Waals surface area contributed by atoms with Gasteiger partial charge in [-0.25, -0.2) is 5.10 Å². The molecule has 1 N–H and O–H groups in total. The maximum Gasteiger partial charge on any atom is 0.280 e. The highest BCUT2D eigenvalue weighted by atomic mass is 79.9. The van der Waals surface area contributed by atoms with Crippen LogP contribution in [0.25, 0.3) is 10.8 Å². The molecule has 76 valence electrons. The predicted octanol–water partition coefficient (Wildman–Crippen LogP) is 1.59. The van der Waals surface area contributed by atoms with Crippen molar-refractivity contribution in [2.75, 3.05) is 0 Å². The molecule has 0 aliphatic rings. The fourth-order valence-corrected chi connectivity index (χ4v) is 1.82. The number of aromatic nitrogens is 2. The molecule has 0 atom stereocenters. The SMILES string of the molecule is O=c1[nH]nc(Br)c2c([N+](=O)[O-])cccc12. The zero-order chi connectivity index (χ0) is 11.0. The summed E-state index contributed by atoms with van der Waals surface area (Å²) >= 11 is 3.06. The average Bonchev–Trinajstić information content (AvgIpc) is 2.23. The number of halogens is 1. The Morgan fingerprint density at radius 3 is 2.87 bits per heavy atom. The summed E-state index contributed by atoms with van der Waals surface area (Å²) < 4.78 is 0.254. The third-order valence-corrected chi connectivity index (χ3v) is 2.52. The van der Waals surface area contributed by atoms with Gasteiger partial charge in [-0.05, 0) is 22.0 Å². The van der Waals surface area contributed by atoms with Gasteiger partial charge in [-0.1, -0.05) is 6.07 Å². The third kappa shape index (κ3) is 1.50. The minimum Gasteiger partial charge on any atom is -0.267 e. The van der Waals surface area contributed by atoms with E-state index in [1.54, 1.807) is 0 Å². The summed E-state index contributed by atoms with van der Waals surface area (Å²) in [5, 5.41) is 17.0. The number of hydrogen-bond donors (Lipinski definition) is 1. The molecule has 1 heterocycles. The monoisotopic (exact) mass is 269 g/mol. The Morgan fingerprint density at radius 1 is 1.47 bits per heavy atom. The summed E-state index contributed by atoms with van der Waals surface area (Å²) in [4.78, 5) is 21.5. The van der Waals surface area contributed by atoms with Gasteiger partial charge < -0.3 is 0 Å². The van der Waals surface area contributed by atoms with Gasteiger partial charge in [0.25, 0.3) is 11.2 Å². The van der Waals surface area contributed by atoms with Gasteiger partial charge in [-0.2, -0.15) is 5.10 Å². The van der Waals surface area contributed by atoms with Crippen molar-refractivity contribution < 1.29 is 4.92 Å². The van der Waals surface area contributed by atoms with Crippen LogP contribution < -0.4 is 5.56 Å². The Hall–Kier alpha value is -1.76. The number of nitrogens with zero attached hydrogens (tertiary/aromatic N) is 2. The smallest absolute Gasteiger partial charge is 0.267 e. The Kier molecular flexibility index (Phi) is 2.24. The number of H-pyrrole nitrogens is 1. The highest BCUT2D eigenvalue weighted by molar-refractivity contribution is 9.10. The number of benzene rings is 1. The summed E-state index contributed by atoms with van der Waals surface area (Å²) in [7, 11) is 0. The van der Waals surface area contributed by atoms with Crippen LogP contribution in [0.5, 0.6) is 0 Å². The Balaban J connectivity index is 3.03. The van der Waals surface area contributed by atoms with Gasteiger partial charge in [0.2, 0.25) is 0 Å². The van der Waals surface area contributed by atoms with E-state index < -0.39 is 10.5 Å². The summed E-state index contributed by atoms with van der Waals surface area (Å²) in [5.74, 6) is 0. The van der Waals surface area contributed by atoms with E-state index in [0.717, 1.165) is 0 Å². The highest BCUT2D eigenvalue weighted by Gasteiger charge is 2.16. The van der Waals surface area contributed by atoms with Gasteiger partial charge in [0.1, 0.15) is 4.60 Å². The molecule has 0 saturated carbocycles. The summed E-state index contributed by atoms with van der Waals surface area (Å²) in [5.41, 5.74) is -0.588. The standard InChI is InChI=1S/C8H4BrN3O3/c9-7-6-4(8(13)11-10-7)2-1-3-5(6)12(14)15/h1-3H,(H,11,13). The van der Waals surface area contributed by atoms with Gasteiger partial charge in [0.05, 0.1) is 15.7 Å². The molecular formula is C8H4BrN3O3. The van der Waals surface area contributed by atoms with Crippen molar-refractivity contribution in [2.24, 2.45) is 0 Å². The van der Waals surface area contributed by atoms with Crippen LogP contribution >= 0.6 is 15.9 Å². The fraction of sp³-hybridized carbons (Fsp3) is 0. The van der Waals surface area contributed by atoms with Crippen LogP contribution in [-0.4, -0.2) is 15.1 Å². The van der Waals surface area contributed by atoms with Gasteiger partial charge in [-0.15, -0.1) is 0 Å². The second-order valence-electron chi connectivity index (χ2n) is 2.80. The zero-order valence-electron chi connectivity index (χ0n) is 7.23. The van der Waals surface area contributed by atoms with Crippen molar-refractivity contribution in [3.05, 3.63) is 43.3 Å². The molecule has 0 saturated heterocycles. The van der Waals surface area contributed by atoms with Crippen molar-refractivity contribution in [1.82, 2.24) is 10.2 Å². The minimum absolute atomic E-state index is 0.141. The van der Waals surface area contributed by atoms with E-state index in [-0.39, 0.29) is 21.1 Å². The zero-order valence-corrected chi connectivity index (χ0v) is 8.82. The molecule has 0 bridgehead atoms. The van der Waals surface area contributed by atoms with Crippen LogP contribution in [-0.2, 0) is 0 Å². The van der Waals surface area contributed by atoms with Gasteiger partial charge in [-0.3, -0.25) is 14.9 Å². The number of aromatic amines is 1. The number of nitro groups is 1. The molecule has 1 aromatic carbocycles. The maximum absolute atomic E-state index is 11.3. The number of nitro benzene ring substituents is 1. The molecule has 6 nitrogen and oxygen atoms in total. The van der Waals surface area contributed by atoms with Gasteiger partial charge in [0.15, 0.2) is 0 Å². The number of non-ortho nitro benzene ring substituents is 1. The Morgan fingerprint density at radius 2 is 2.20 bits per heavy atom. The van der Waals surface area contributed by atoms with E-state index >= 15 is 0 Å². The molecule has 2 aromatic rings. The van der Waals surface area contributed by atoms with Crippen LogP contribution in [0.3, 0.4) is 0 Å². The molecular weight excluding hydrogens is 266 g/mol. The lowest BCUT2D eigenvalue weighted by Crippen LogP contribution is -2.09. The van der Waals surface area contributed by atoms with E-state index in [9.17, 15) is 14.9 Å². The van der Waals surface area contributed by atoms with E-state index in [4.69, 9.17) is 0 Å².